The molecule has 0 bridgehead atoms. The van der Waals surface area contributed by atoms with Gasteiger partial charge in [0.15, 0.2) is 0 Å². The number of anilines is 1. The summed E-state index contributed by atoms with van der Waals surface area (Å²) in [6.45, 7) is 0.506. The van der Waals surface area contributed by atoms with E-state index in [0.29, 0.717) is 47.3 Å². The summed E-state index contributed by atoms with van der Waals surface area (Å²) < 4.78 is 12.3. The van der Waals surface area contributed by atoms with Gasteiger partial charge in [0.1, 0.15) is 36.4 Å². The van der Waals surface area contributed by atoms with Crippen molar-refractivity contribution in [1.82, 2.24) is 0 Å². The molecule has 0 heterocycles. The minimum Gasteiger partial charge on any atom is -0.489 e. The van der Waals surface area contributed by atoms with Gasteiger partial charge >= 0.3 is 0 Å². The first kappa shape index (κ1) is 29.8. The highest BCUT2D eigenvalue weighted by atomic mass is 79.9. The number of nitrogens with one attached hydrogen (secondary N) is 1. The highest BCUT2D eigenvalue weighted by Gasteiger charge is 2.12. The summed E-state index contributed by atoms with van der Waals surface area (Å²) in [5.41, 5.74) is 2.67. The van der Waals surface area contributed by atoms with E-state index >= 15 is 0 Å². The summed E-state index contributed by atoms with van der Waals surface area (Å²) in [4.78, 5) is 12.8. The number of amides is 1. The van der Waals surface area contributed by atoms with Gasteiger partial charge in [-0.05, 0) is 88.2 Å². The van der Waals surface area contributed by atoms with Gasteiger partial charge in [0, 0.05) is 36.9 Å². The second-order valence-corrected chi connectivity index (χ2v) is 10.9. The Morgan fingerprint density at radius 2 is 1.43 bits per heavy atom. The van der Waals surface area contributed by atoms with Crippen LogP contribution in [-0.4, -0.2) is 5.91 Å². The molecule has 4 aromatic carbocycles. The number of benzene rings is 4. The molecule has 0 saturated carbocycles. The van der Waals surface area contributed by atoms with Crippen LogP contribution in [-0.2, 0) is 18.0 Å². The topological polar surface area (TPSA) is 71.3 Å². The van der Waals surface area contributed by atoms with Gasteiger partial charge in [-0.15, -0.1) is 0 Å². The molecule has 40 heavy (non-hydrogen) atoms. The van der Waals surface area contributed by atoms with Crippen LogP contribution in [0.2, 0.25) is 20.1 Å². The highest BCUT2D eigenvalue weighted by Crippen LogP contribution is 2.30. The van der Waals surface area contributed by atoms with Crippen LogP contribution >= 0.6 is 62.3 Å². The predicted molar refractivity (Wildman–Crippen MR) is 164 cm³/mol. The van der Waals surface area contributed by atoms with E-state index in [0.717, 1.165) is 11.1 Å². The fourth-order valence-corrected chi connectivity index (χ4v) is 4.90. The summed E-state index contributed by atoms with van der Waals surface area (Å²) in [7, 11) is 0. The van der Waals surface area contributed by atoms with E-state index in [4.69, 9.17) is 55.9 Å². The van der Waals surface area contributed by atoms with Crippen molar-refractivity contribution in [3.8, 4) is 17.6 Å². The lowest BCUT2D eigenvalue weighted by atomic mass is 10.1. The van der Waals surface area contributed by atoms with Gasteiger partial charge in [-0.1, -0.05) is 64.6 Å². The van der Waals surface area contributed by atoms with Crippen molar-refractivity contribution in [3.63, 3.8) is 0 Å². The highest BCUT2D eigenvalue weighted by molar-refractivity contribution is 9.10. The first-order valence-corrected chi connectivity index (χ1v) is 14.0. The maximum absolute atomic E-state index is 12.8. The van der Waals surface area contributed by atoms with Gasteiger partial charge in [-0.2, -0.15) is 5.26 Å². The summed E-state index contributed by atoms with van der Waals surface area (Å²) in [6, 6.07) is 24.4. The third-order valence-electron chi connectivity index (χ3n) is 5.55. The molecular weight excluding hydrogens is 658 g/mol. The Kier molecular flexibility index (Phi) is 10.4. The van der Waals surface area contributed by atoms with Gasteiger partial charge < -0.3 is 14.8 Å². The quantitative estimate of drug-likeness (QED) is 0.142. The zero-order chi connectivity index (χ0) is 28.6. The first-order valence-electron chi connectivity index (χ1n) is 11.7. The van der Waals surface area contributed by atoms with Crippen molar-refractivity contribution >= 4 is 80.0 Å². The van der Waals surface area contributed by atoms with Crippen molar-refractivity contribution < 1.29 is 14.3 Å². The molecule has 0 spiro atoms. The zero-order valence-corrected chi connectivity index (χ0v) is 25.2. The Morgan fingerprint density at radius 3 is 1.98 bits per heavy atom. The molecule has 10 heteroatoms. The van der Waals surface area contributed by atoms with Gasteiger partial charge in [0.25, 0.3) is 5.91 Å². The minimum atomic E-state index is -0.544. The number of rotatable bonds is 9. The molecule has 4 aromatic rings. The largest absolute Gasteiger partial charge is 0.489 e. The molecule has 0 aliphatic rings. The maximum atomic E-state index is 12.8. The Hall–Kier alpha value is -3.18. The molecule has 4 rings (SSSR count). The van der Waals surface area contributed by atoms with E-state index in [1.54, 1.807) is 78.9 Å². The molecule has 1 N–H and O–H groups in total. The standard InChI is InChI=1S/C30H19BrCl4N2O3/c31-26-12-18(1-10-29(26)40-17-20-3-5-23(33)14-28(20)35)11-21(15-36)30(38)37-24-6-8-25(9-7-24)39-16-19-2-4-22(32)13-27(19)34/h1-14H,16-17H2,(H,37,38)/b21-11+. The van der Waals surface area contributed by atoms with Crippen LogP contribution in [0.25, 0.3) is 6.08 Å². The summed E-state index contributed by atoms with van der Waals surface area (Å²) in [5.74, 6) is 0.621. The van der Waals surface area contributed by atoms with Crippen LogP contribution < -0.4 is 14.8 Å². The van der Waals surface area contributed by atoms with Crippen LogP contribution in [0.3, 0.4) is 0 Å². The van der Waals surface area contributed by atoms with E-state index in [2.05, 4.69) is 21.2 Å². The lowest BCUT2D eigenvalue weighted by Crippen LogP contribution is -2.13. The van der Waals surface area contributed by atoms with Crippen LogP contribution in [0.15, 0.2) is 88.9 Å². The third kappa shape index (κ3) is 8.17. The SMILES string of the molecule is N#C/C(=C\c1ccc(OCc2ccc(Cl)cc2Cl)c(Br)c1)C(=O)Nc1ccc(OCc2ccc(Cl)cc2Cl)cc1. The van der Waals surface area contributed by atoms with Crippen LogP contribution in [0, 0.1) is 11.3 Å². The molecule has 1 amide bonds. The molecule has 0 fully saturated rings. The second-order valence-electron chi connectivity index (χ2n) is 8.39. The number of hydrogen-bond donors (Lipinski definition) is 1. The Bertz CT molecular complexity index is 1620. The third-order valence-corrected chi connectivity index (χ3v) is 7.35. The predicted octanol–water partition coefficient (Wildman–Crippen LogP) is 9.77. The fraction of sp³-hybridized carbons (Fsp3) is 0.0667. The number of ether oxygens (including phenoxy) is 2. The van der Waals surface area contributed by atoms with Crippen molar-refractivity contribution in [2.24, 2.45) is 0 Å². The molecule has 0 aromatic heterocycles. The summed E-state index contributed by atoms with van der Waals surface area (Å²) in [6.07, 6.45) is 1.49. The lowest BCUT2D eigenvalue weighted by molar-refractivity contribution is -0.112. The number of carbonyl (C=O) groups is 1. The molecule has 0 radical (unpaired) electrons. The minimum absolute atomic E-state index is 0.0637. The smallest absolute Gasteiger partial charge is 0.266 e. The first-order chi connectivity index (χ1) is 19.2. The molecule has 202 valence electrons. The van der Waals surface area contributed by atoms with Crippen molar-refractivity contribution in [3.05, 3.63) is 126 Å². The monoisotopic (exact) mass is 674 g/mol. The molecule has 0 atom stereocenters. The lowest BCUT2D eigenvalue weighted by Gasteiger charge is -2.11. The van der Waals surface area contributed by atoms with Crippen LogP contribution in [0.1, 0.15) is 16.7 Å². The molecule has 0 unspecified atom stereocenters. The number of hydrogen-bond acceptors (Lipinski definition) is 4. The Balaban J connectivity index is 1.36. The Morgan fingerprint density at radius 1 is 0.825 bits per heavy atom. The van der Waals surface area contributed by atoms with E-state index in [1.165, 1.54) is 6.08 Å². The summed E-state index contributed by atoms with van der Waals surface area (Å²) in [5, 5.41) is 14.5. The number of carbonyl (C=O) groups excluding carboxylic acids is 1. The van der Waals surface area contributed by atoms with Gasteiger partial charge in [-0.25, -0.2) is 0 Å². The number of nitrogens with zero attached hydrogens (tertiary/aromatic N) is 1. The zero-order valence-electron chi connectivity index (χ0n) is 20.6. The van der Waals surface area contributed by atoms with Gasteiger partial charge in [0.2, 0.25) is 0 Å². The summed E-state index contributed by atoms with van der Waals surface area (Å²) >= 11 is 27.7. The van der Waals surface area contributed by atoms with E-state index in [-0.39, 0.29) is 18.8 Å². The molecule has 5 nitrogen and oxygen atoms in total. The van der Waals surface area contributed by atoms with Crippen LogP contribution in [0.5, 0.6) is 11.5 Å². The average molecular weight is 677 g/mol. The van der Waals surface area contributed by atoms with E-state index in [9.17, 15) is 10.1 Å². The Labute approximate surface area is 260 Å². The van der Waals surface area contributed by atoms with Crippen molar-refractivity contribution in [1.29, 1.82) is 5.26 Å². The number of nitriles is 1. The van der Waals surface area contributed by atoms with Gasteiger partial charge in [-0.3, -0.25) is 4.79 Å². The molecule has 0 saturated heterocycles. The van der Waals surface area contributed by atoms with E-state index in [1.807, 2.05) is 6.07 Å². The fourth-order valence-electron chi connectivity index (χ4n) is 3.47. The molecule has 0 aliphatic carbocycles. The molecule has 0 aliphatic heterocycles. The second kappa shape index (κ2) is 13.9. The maximum Gasteiger partial charge on any atom is 0.266 e. The van der Waals surface area contributed by atoms with Crippen molar-refractivity contribution in [2.75, 3.05) is 5.32 Å². The van der Waals surface area contributed by atoms with Gasteiger partial charge in [0.05, 0.1) is 4.47 Å². The molecular formula is C30H19BrCl4N2O3. The average Bonchev–Trinajstić information content (AvgIpc) is 2.92. The van der Waals surface area contributed by atoms with E-state index < -0.39 is 5.91 Å². The van der Waals surface area contributed by atoms with Crippen LogP contribution in [0.4, 0.5) is 5.69 Å². The number of halogens is 5. The normalized spacial score (nSPS) is 11.1. The van der Waals surface area contributed by atoms with Crippen molar-refractivity contribution in [2.45, 2.75) is 13.2 Å².